The Morgan fingerprint density at radius 1 is 1.27 bits per heavy atom. The molecular weight excluding hydrogens is 424 g/mol. The summed E-state index contributed by atoms with van der Waals surface area (Å²) in [6.07, 6.45) is 3.61. The van der Waals surface area contributed by atoms with E-state index in [0.29, 0.717) is 30.5 Å². The summed E-state index contributed by atoms with van der Waals surface area (Å²) in [5, 5.41) is 15.0. The van der Waals surface area contributed by atoms with Gasteiger partial charge in [-0.15, -0.1) is 0 Å². The zero-order valence-corrected chi connectivity index (χ0v) is 19.1. The molecule has 2 aromatic rings. The monoisotopic (exact) mass is 454 g/mol. The number of nitrogens with zero attached hydrogens (tertiary/aromatic N) is 1. The number of amides is 1. The maximum absolute atomic E-state index is 12.7. The molecule has 1 aromatic carbocycles. The topological polar surface area (TPSA) is 144 Å². The lowest BCUT2D eigenvalue weighted by Crippen LogP contribution is -2.39. The standard InChI is InChI=1S/C24H30N4O5/c1-14-13-28(19-11-24(2,3)12-20(30)21(14)19)15-4-5-16(22(25)31)18(10-15)27-8-7-26-17(6-9-29)23(32)33/h4-5,9-10,13,17,26-27H,6-8,11-12H2,1-3H3,(H2,25,31)(H,32,33). The van der Waals surface area contributed by atoms with Crippen molar-refractivity contribution < 1.29 is 24.3 Å². The van der Waals surface area contributed by atoms with Crippen LogP contribution in [0.25, 0.3) is 5.69 Å². The number of Topliss-reactive ketones (excluding diaryl/α,β-unsaturated/α-hetero) is 1. The van der Waals surface area contributed by atoms with Gasteiger partial charge in [0.25, 0.3) is 5.91 Å². The number of nitrogens with one attached hydrogen (secondary N) is 2. The van der Waals surface area contributed by atoms with Crippen LogP contribution in [0.5, 0.6) is 0 Å². The normalized spacial score (nSPS) is 15.5. The van der Waals surface area contributed by atoms with Crippen molar-refractivity contribution in [2.45, 2.75) is 46.1 Å². The molecule has 9 heteroatoms. The molecule has 1 atom stereocenters. The minimum atomic E-state index is -1.10. The summed E-state index contributed by atoms with van der Waals surface area (Å²) in [6.45, 7) is 6.64. The third-order valence-corrected chi connectivity index (χ3v) is 5.87. The molecule has 1 amide bonds. The highest BCUT2D eigenvalue weighted by atomic mass is 16.4. The van der Waals surface area contributed by atoms with Crippen LogP contribution in [0.3, 0.4) is 0 Å². The molecule has 0 spiro atoms. The van der Waals surface area contributed by atoms with Gasteiger partial charge in [-0.05, 0) is 42.5 Å². The molecule has 9 nitrogen and oxygen atoms in total. The summed E-state index contributed by atoms with van der Waals surface area (Å²) in [6, 6.07) is 4.25. The number of primary amides is 1. The number of fused-ring (bicyclic) bond motifs is 1. The van der Waals surface area contributed by atoms with Crippen LogP contribution >= 0.6 is 0 Å². The van der Waals surface area contributed by atoms with E-state index in [1.54, 1.807) is 18.2 Å². The highest BCUT2D eigenvalue weighted by Gasteiger charge is 2.34. The van der Waals surface area contributed by atoms with Crippen molar-refractivity contribution in [3.63, 3.8) is 0 Å². The van der Waals surface area contributed by atoms with Crippen LogP contribution in [0.4, 0.5) is 5.69 Å². The Labute approximate surface area is 192 Å². The van der Waals surface area contributed by atoms with Crippen LogP contribution in [0.2, 0.25) is 0 Å². The number of ketones is 1. The number of carboxylic acid groups (broad SMARTS) is 1. The summed E-state index contributed by atoms with van der Waals surface area (Å²) in [4.78, 5) is 46.5. The fraction of sp³-hybridized carbons (Fsp3) is 0.417. The molecule has 1 aliphatic carbocycles. The van der Waals surface area contributed by atoms with Gasteiger partial charge in [0.05, 0.1) is 5.56 Å². The Hall–Kier alpha value is -3.46. The average Bonchev–Trinajstić information content (AvgIpc) is 3.04. The third kappa shape index (κ3) is 5.31. The molecule has 3 rings (SSSR count). The smallest absolute Gasteiger partial charge is 0.321 e. The predicted octanol–water partition coefficient (Wildman–Crippen LogP) is 2.08. The van der Waals surface area contributed by atoms with E-state index in [1.807, 2.05) is 17.7 Å². The number of anilines is 1. The number of rotatable bonds is 10. The first-order chi connectivity index (χ1) is 15.5. The van der Waals surface area contributed by atoms with Crippen LogP contribution in [0.1, 0.15) is 58.7 Å². The first-order valence-corrected chi connectivity index (χ1v) is 10.9. The number of carboxylic acids is 1. The van der Waals surface area contributed by atoms with Gasteiger partial charge in [-0.3, -0.25) is 14.4 Å². The van der Waals surface area contributed by atoms with E-state index in [0.717, 1.165) is 28.9 Å². The number of carbonyl (C=O) groups is 4. The van der Waals surface area contributed by atoms with Gasteiger partial charge in [0.1, 0.15) is 12.3 Å². The van der Waals surface area contributed by atoms with Gasteiger partial charge in [0.15, 0.2) is 5.78 Å². The Morgan fingerprint density at radius 2 is 2.00 bits per heavy atom. The van der Waals surface area contributed by atoms with Gasteiger partial charge in [0, 0.05) is 54.8 Å². The summed E-state index contributed by atoms with van der Waals surface area (Å²) in [5.74, 6) is -1.56. The van der Waals surface area contributed by atoms with Crippen molar-refractivity contribution in [2.24, 2.45) is 11.1 Å². The zero-order chi connectivity index (χ0) is 24.3. The Bertz CT molecular complexity index is 1100. The van der Waals surface area contributed by atoms with Crippen molar-refractivity contribution in [2.75, 3.05) is 18.4 Å². The summed E-state index contributed by atoms with van der Waals surface area (Å²) < 4.78 is 1.99. The fourth-order valence-corrected chi connectivity index (χ4v) is 4.36. The molecule has 5 N–H and O–H groups in total. The largest absolute Gasteiger partial charge is 0.480 e. The molecule has 0 saturated carbocycles. The second-order valence-electron chi connectivity index (χ2n) is 9.21. The van der Waals surface area contributed by atoms with E-state index in [1.165, 1.54) is 0 Å². The third-order valence-electron chi connectivity index (χ3n) is 5.87. The van der Waals surface area contributed by atoms with Gasteiger partial charge in [-0.1, -0.05) is 13.8 Å². The van der Waals surface area contributed by atoms with Gasteiger partial charge in [0.2, 0.25) is 0 Å². The number of hydrogen-bond donors (Lipinski definition) is 4. The van der Waals surface area contributed by atoms with E-state index < -0.39 is 17.9 Å². The average molecular weight is 455 g/mol. The maximum atomic E-state index is 12.7. The van der Waals surface area contributed by atoms with Gasteiger partial charge in [-0.2, -0.15) is 0 Å². The van der Waals surface area contributed by atoms with Crippen LogP contribution < -0.4 is 16.4 Å². The van der Waals surface area contributed by atoms with Crippen molar-refractivity contribution in [1.29, 1.82) is 0 Å². The molecule has 1 aromatic heterocycles. The minimum Gasteiger partial charge on any atom is -0.480 e. The Morgan fingerprint density at radius 3 is 2.64 bits per heavy atom. The summed E-state index contributed by atoms with van der Waals surface area (Å²) in [5.41, 5.74) is 9.62. The first-order valence-electron chi connectivity index (χ1n) is 10.9. The quantitative estimate of drug-likeness (QED) is 0.318. The molecule has 1 unspecified atom stereocenters. The Kier molecular flexibility index (Phi) is 7.02. The number of carbonyl (C=O) groups excluding carboxylic acids is 3. The van der Waals surface area contributed by atoms with Crippen molar-refractivity contribution in [1.82, 2.24) is 9.88 Å². The number of benzene rings is 1. The number of hydrogen-bond acceptors (Lipinski definition) is 6. The lowest BCUT2D eigenvalue weighted by Gasteiger charge is -2.30. The molecule has 0 radical (unpaired) electrons. The summed E-state index contributed by atoms with van der Waals surface area (Å²) >= 11 is 0. The predicted molar refractivity (Wildman–Crippen MR) is 124 cm³/mol. The van der Waals surface area contributed by atoms with E-state index >= 15 is 0 Å². The summed E-state index contributed by atoms with van der Waals surface area (Å²) in [7, 11) is 0. The number of aldehydes is 1. The molecule has 33 heavy (non-hydrogen) atoms. The van der Waals surface area contributed by atoms with Crippen molar-refractivity contribution >= 4 is 29.6 Å². The van der Waals surface area contributed by atoms with E-state index in [4.69, 9.17) is 10.8 Å². The SMILES string of the molecule is Cc1cn(-c2ccc(C(N)=O)c(NCCNC(CC=O)C(=O)O)c2)c2c1C(=O)CC(C)(C)C2. The van der Waals surface area contributed by atoms with Crippen LogP contribution in [-0.2, 0) is 16.0 Å². The van der Waals surface area contributed by atoms with Gasteiger partial charge >= 0.3 is 5.97 Å². The molecule has 0 bridgehead atoms. The maximum Gasteiger partial charge on any atom is 0.321 e. The van der Waals surface area contributed by atoms with Crippen molar-refractivity contribution in [3.8, 4) is 5.69 Å². The molecule has 1 heterocycles. The number of nitrogens with two attached hydrogens (primary N) is 1. The fourth-order valence-electron chi connectivity index (χ4n) is 4.36. The minimum absolute atomic E-state index is 0.134. The molecule has 176 valence electrons. The van der Waals surface area contributed by atoms with Gasteiger partial charge in [-0.25, -0.2) is 0 Å². The number of aliphatic carboxylic acids is 1. The van der Waals surface area contributed by atoms with Crippen LogP contribution in [-0.4, -0.2) is 52.8 Å². The van der Waals surface area contributed by atoms with E-state index in [9.17, 15) is 19.2 Å². The molecular formula is C24H30N4O5. The molecule has 0 saturated heterocycles. The molecule has 1 aliphatic rings. The second-order valence-corrected chi connectivity index (χ2v) is 9.21. The first kappa shape index (κ1) is 24.2. The highest BCUT2D eigenvalue weighted by molar-refractivity contribution is 6.01. The van der Waals surface area contributed by atoms with Crippen molar-refractivity contribution in [3.05, 3.63) is 46.8 Å². The lowest BCUT2D eigenvalue weighted by molar-refractivity contribution is -0.140. The van der Waals surface area contributed by atoms with Gasteiger partial charge < -0.3 is 30.8 Å². The molecule has 0 fully saturated rings. The highest BCUT2D eigenvalue weighted by Crippen LogP contribution is 2.38. The zero-order valence-electron chi connectivity index (χ0n) is 19.1. The van der Waals surface area contributed by atoms with E-state index in [-0.39, 0.29) is 24.2 Å². The van der Waals surface area contributed by atoms with Crippen LogP contribution in [0, 0.1) is 12.3 Å². The second kappa shape index (κ2) is 9.58. The number of aryl methyl sites for hydroxylation is 1. The lowest BCUT2D eigenvalue weighted by atomic mass is 9.75. The van der Waals surface area contributed by atoms with E-state index in [2.05, 4.69) is 24.5 Å². The Balaban J connectivity index is 1.87. The van der Waals surface area contributed by atoms with Crippen LogP contribution in [0.15, 0.2) is 24.4 Å². The molecule has 0 aliphatic heterocycles. The number of aromatic nitrogens is 1.